The van der Waals surface area contributed by atoms with Crippen LogP contribution in [0.25, 0.3) is 0 Å². The highest BCUT2D eigenvalue weighted by Crippen LogP contribution is 2.20. The summed E-state index contributed by atoms with van der Waals surface area (Å²) in [4.78, 5) is 6.40. The van der Waals surface area contributed by atoms with Crippen LogP contribution < -0.4 is 10.2 Å². The van der Waals surface area contributed by atoms with Crippen LogP contribution in [-0.2, 0) is 6.54 Å². The number of pyridine rings is 1. The molecule has 92 valence electrons. The highest BCUT2D eigenvalue weighted by atomic mass is 79.9. The first kappa shape index (κ1) is 14.0. The molecular formula is C13H18BrN3. The van der Waals surface area contributed by atoms with E-state index >= 15 is 0 Å². The Morgan fingerprint density at radius 3 is 3.00 bits per heavy atom. The largest absolute Gasteiger partial charge is 0.348 e. The van der Waals surface area contributed by atoms with E-state index in [0.717, 1.165) is 35.4 Å². The number of nitrogens with one attached hydrogen (secondary N) is 1. The van der Waals surface area contributed by atoms with E-state index in [-0.39, 0.29) is 0 Å². The number of rotatable bonds is 6. The van der Waals surface area contributed by atoms with E-state index in [1.54, 1.807) is 6.20 Å². The molecule has 0 aliphatic rings. The van der Waals surface area contributed by atoms with Crippen molar-refractivity contribution in [2.24, 2.45) is 0 Å². The second-order valence-corrected chi connectivity index (χ2v) is 4.79. The molecule has 17 heavy (non-hydrogen) atoms. The van der Waals surface area contributed by atoms with Gasteiger partial charge in [0.05, 0.1) is 6.54 Å². The Labute approximate surface area is 112 Å². The Hall–Kier alpha value is -1.05. The minimum atomic E-state index is 0.565. The van der Waals surface area contributed by atoms with Gasteiger partial charge in [0.1, 0.15) is 5.82 Å². The Morgan fingerprint density at radius 2 is 2.35 bits per heavy atom. The van der Waals surface area contributed by atoms with E-state index in [1.165, 1.54) is 0 Å². The lowest BCUT2D eigenvalue weighted by molar-refractivity contribution is 0.672. The van der Waals surface area contributed by atoms with Gasteiger partial charge in [-0.1, -0.05) is 12.8 Å². The van der Waals surface area contributed by atoms with Gasteiger partial charge in [-0.3, -0.25) is 0 Å². The minimum absolute atomic E-state index is 0.565. The molecule has 0 saturated heterocycles. The minimum Gasteiger partial charge on any atom is -0.348 e. The molecule has 0 aliphatic carbocycles. The lowest BCUT2D eigenvalue weighted by atomic mass is 10.2. The zero-order chi connectivity index (χ0) is 12.7. The molecule has 0 saturated carbocycles. The number of terminal acetylenes is 1. The fourth-order valence-electron chi connectivity index (χ4n) is 1.56. The number of hydrogen-bond donors (Lipinski definition) is 1. The summed E-state index contributed by atoms with van der Waals surface area (Å²) in [5.41, 5.74) is 1.16. The van der Waals surface area contributed by atoms with Gasteiger partial charge in [-0.15, -0.1) is 6.42 Å². The molecule has 0 amide bonds. The third kappa shape index (κ3) is 4.37. The summed E-state index contributed by atoms with van der Waals surface area (Å²) in [7, 11) is 1.96. The molecule has 0 atom stereocenters. The van der Waals surface area contributed by atoms with E-state index in [1.807, 2.05) is 11.9 Å². The van der Waals surface area contributed by atoms with Crippen LogP contribution in [0.5, 0.6) is 0 Å². The predicted molar refractivity (Wildman–Crippen MR) is 76.0 cm³/mol. The topological polar surface area (TPSA) is 28.2 Å². The summed E-state index contributed by atoms with van der Waals surface area (Å²) in [5.74, 6) is 3.57. The van der Waals surface area contributed by atoms with E-state index in [9.17, 15) is 0 Å². The summed E-state index contributed by atoms with van der Waals surface area (Å²) in [6.07, 6.45) is 8.24. The molecule has 0 fully saturated rings. The van der Waals surface area contributed by atoms with E-state index in [4.69, 9.17) is 6.42 Å². The molecule has 1 aromatic heterocycles. The van der Waals surface area contributed by atoms with Gasteiger partial charge in [0.15, 0.2) is 0 Å². The van der Waals surface area contributed by atoms with Gasteiger partial charge < -0.3 is 10.2 Å². The SMILES string of the molecule is C#CCN(C)c1ncc(Br)cc1CNCCC. The van der Waals surface area contributed by atoms with Crippen molar-refractivity contribution in [3.63, 3.8) is 0 Å². The van der Waals surface area contributed by atoms with Crippen molar-refractivity contribution in [2.45, 2.75) is 19.9 Å². The maximum Gasteiger partial charge on any atom is 0.133 e. The van der Waals surface area contributed by atoms with E-state index < -0.39 is 0 Å². The van der Waals surface area contributed by atoms with Crippen LogP contribution in [0.3, 0.4) is 0 Å². The third-order valence-corrected chi connectivity index (χ3v) is 2.78. The van der Waals surface area contributed by atoms with Crippen LogP contribution >= 0.6 is 15.9 Å². The number of nitrogens with zero attached hydrogens (tertiary/aromatic N) is 2. The van der Waals surface area contributed by atoms with Crippen molar-refractivity contribution in [2.75, 3.05) is 25.0 Å². The normalized spacial score (nSPS) is 10.0. The van der Waals surface area contributed by atoms with E-state index in [2.05, 4.69) is 45.1 Å². The number of halogens is 1. The van der Waals surface area contributed by atoms with Crippen molar-refractivity contribution in [1.82, 2.24) is 10.3 Å². The second-order valence-electron chi connectivity index (χ2n) is 3.87. The first-order chi connectivity index (χ1) is 8.19. The van der Waals surface area contributed by atoms with Crippen LogP contribution in [0.2, 0.25) is 0 Å². The Balaban J connectivity index is 2.84. The molecule has 0 aromatic carbocycles. The van der Waals surface area contributed by atoms with E-state index in [0.29, 0.717) is 6.54 Å². The highest BCUT2D eigenvalue weighted by molar-refractivity contribution is 9.10. The Bertz CT molecular complexity index is 398. The van der Waals surface area contributed by atoms with Gasteiger partial charge in [-0.05, 0) is 35.0 Å². The number of anilines is 1. The van der Waals surface area contributed by atoms with Crippen LogP contribution in [0.4, 0.5) is 5.82 Å². The zero-order valence-corrected chi connectivity index (χ0v) is 11.9. The van der Waals surface area contributed by atoms with Gasteiger partial charge >= 0.3 is 0 Å². The second kappa shape index (κ2) is 7.31. The molecule has 1 aromatic rings. The molecule has 1 rings (SSSR count). The molecule has 0 unspecified atom stereocenters. The smallest absolute Gasteiger partial charge is 0.133 e. The quantitative estimate of drug-likeness (QED) is 0.645. The lowest BCUT2D eigenvalue weighted by Gasteiger charge is -2.19. The van der Waals surface area contributed by atoms with Crippen molar-refractivity contribution in [3.8, 4) is 12.3 Å². The summed E-state index contributed by atoms with van der Waals surface area (Å²) < 4.78 is 0.989. The van der Waals surface area contributed by atoms with Gasteiger partial charge in [0.2, 0.25) is 0 Å². The van der Waals surface area contributed by atoms with Crippen molar-refractivity contribution >= 4 is 21.7 Å². The van der Waals surface area contributed by atoms with Crippen molar-refractivity contribution < 1.29 is 0 Å². The molecule has 4 heteroatoms. The summed E-state index contributed by atoms with van der Waals surface area (Å²) in [6.45, 7) is 4.53. The first-order valence-electron chi connectivity index (χ1n) is 5.68. The van der Waals surface area contributed by atoms with Crippen LogP contribution in [0.15, 0.2) is 16.7 Å². The average Bonchev–Trinajstić information content (AvgIpc) is 2.30. The maximum atomic E-state index is 5.32. The van der Waals surface area contributed by atoms with Gasteiger partial charge in [0, 0.05) is 29.8 Å². The van der Waals surface area contributed by atoms with Crippen molar-refractivity contribution in [1.29, 1.82) is 0 Å². The number of aromatic nitrogens is 1. The van der Waals surface area contributed by atoms with Crippen LogP contribution in [-0.4, -0.2) is 25.1 Å². The fraction of sp³-hybridized carbons (Fsp3) is 0.462. The maximum absolute atomic E-state index is 5.32. The summed E-state index contributed by atoms with van der Waals surface area (Å²) in [6, 6.07) is 2.08. The standard InChI is InChI=1S/C13H18BrN3/c1-4-6-15-9-11-8-12(14)10-16-13(11)17(3)7-5-2/h2,8,10,15H,4,6-7,9H2,1,3H3. The lowest BCUT2D eigenvalue weighted by Crippen LogP contribution is -2.22. The molecule has 0 spiro atoms. The Morgan fingerprint density at radius 1 is 1.59 bits per heavy atom. The predicted octanol–water partition coefficient (Wildman–Crippen LogP) is 2.41. The highest BCUT2D eigenvalue weighted by Gasteiger charge is 2.08. The summed E-state index contributed by atoms with van der Waals surface area (Å²) in [5, 5.41) is 3.38. The molecule has 3 nitrogen and oxygen atoms in total. The number of hydrogen-bond acceptors (Lipinski definition) is 3. The summed E-state index contributed by atoms with van der Waals surface area (Å²) >= 11 is 3.44. The first-order valence-corrected chi connectivity index (χ1v) is 6.48. The van der Waals surface area contributed by atoms with Gasteiger partial charge in [-0.2, -0.15) is 0 Å². The van der Waals surface area contributed by atoms with Gasteiger partial charge in [-0.25, -0.2) is 4.98 Å². The Kier molecular flexibility index (Phi) is 6.03. The molecule has 1 heterocycles. The molecule has 0 radical (unpaired) electrons. The average molecular weight is 296 g/mol. The third-order valence-electron chi connectivity index (χ3n) is 2.34. The molecule has 0 aliphatic heterocycles. The molecular weight excluding hydrogens is 278 g/mol. The fourth-order valence-corrected chi connectivity index (χ4v) is 1.94. The molecule has 0 bridgehead atoms. The zero-order valence-electron chi connectivity index (χ0n) is 10.3. The van der Waals surface area contributed by atoms with Crippen LogP contribution in [0.1, 0.15) is 18.9 Å². The monoisotopic (exact) mass is 295 g/mol. The van der Waals surface area contributed by atoms with Crippen LogP contribution in [0, 0.1) is 12.3 Å². The molecule has 1 N–H and O–H groups in total. The van der Waals surface area contributed by atoms with Crippen molar-refractivity contribution in [3.05, 3.63) is 22.3 Å². The van der Waals surface area contributed by atoms with Gasteiger partial charge in [0.25, 0.3) is 0 Å².